The largest absolute Gasteiger partial charge is 0.353 e. The van der Waals surface area contributed by atoms with Crippen molar-refractivity contribution in [1.29, 1.82) is 0 Å². The smallest absolute Gasteiger partial charge is 0.321 e. The Balaban J connectivity index is 1.37. The molecule has 1 fully saturated rings. The van der Waals surface area contributed by atoms with Gasteiger partial charge in [-0.25, -0.2) is 9.78 Å². The molecule has 1 N–H and O–H groups in total. The van der Waals surface area contributed by atoms with Crippen LogP contribution in [0.5, 0.6) is 0 Å². The highest BCUT2D eigenvalue weighted by Gasteiger charge is 2.22. The van der Waals surface area contributed by atoms with Crippen LogP contribution in [0.15, 0.2) is 59.2 Å². The van der Waals surface area contributed by atoms with Crippen molar-refractivity contribution in [2.75, 3.05) is 36.4 Å². The molecular weight excluding hydrogens is 466 g/mol. The number of carbonyl (C=O) groups excluding carboxylic acids is 1. The van der Waals surface area contributed by atoms with Gasteiger partial charge in [-0.1, -0.05) is 22.0 Å². The molecule has 3 heterocycles. The lowest BCUT2D eigenvalue weighted by Gasteiger charge is -2.24. The van der Waals surface area contributed by atoms with E-state index >= 15 is 0 Å². The first-order valence-electron chi connectivity index (χ1n) is 10.9. The van der Waals surface area contributed by atoms with E-state index in [-0.39, 0.29) is 6.03 Å². The summed E-state index contributed by atoms with van der Waals surface area (Å²) in [6.45, 7) is 7.12. The predicted molar refractivity (Wildman–Crippen MR) is 134 cm³/mol. The third-order valence-electron chi connectivity index (χ3n) is 6.24. The molecule has 2 amide bonds. The summed E-state index contributed by atoms with van der Waals surface area (Å²) in [6.07, 6.45) is 2.98. The second-order valence-corrected chi connectivity index (χ2v) is 9.30. The van der Waals surface area contributed by atoms with Gasteiger partial charge in [-0.3, -0.25) is 0 Å². The number of nitrogens with one attached hydrogen (secondary N) is 1. The van der Waals surface area contributed by atoms with Gasteiger partial charge in [-0.2, -0.15) is 0 Å². The molecule has 4 aromatic rings. The molecule has 0 aliphatic carbocycles. The zero-order valence-corrected chi connectivity index (χ0v) is 19.9. The Morgan fingerprint density at radius 1 is 0.969 bits per heavy atom. The standard InChI is InChI=1S/C25H26BrN5O/c1-17-6-8-20(15-18(17)2)27-25(32)30-11-4-10-29(13-14-30)24-23-5-3-12-31(23)22-9-7-19(26)16-21(22)28-24/h3,5-9,12,15-16H,4,10-11,13-14H2,1-2H3,(H,27,32). The number of nitrogens with zero attached hydrogens (tertiary/aromatic N) is 4. The van der Waals surface area contributed by atoms with Gasteiger partial charge < -0.3 is 19.5 Å². The van der Waals surface area contributed by atoms with E-state index in [0.29, 0.717) is 6.54 Å². The zero-order valence-electron chi connectivity index (χ0n) is 18.3. The topological polar surface area (TPSA) is 52.9 Å². The Morgan fingerprint density at radius 2 is 1.84 bits per heavy atom. The highest BCUT2D eigenvalue weighted by atomic mass is 79.9. The summed E-state index contributed by atoms with van der Waals surface area (Å²) in [7, 11) is 0. The summed E-state index contributed by atoms with van der Waals surface area (Å²) in [5, 5.41) is 3.06. The number of amides is 2. The van der Waals surface area contributed by atoms with Crippen LogP contribution in [0.3, 0.4) is 0 Å². The molecule has 0 bridgehead atoms. The second kappa shape index (κ2) is 8.47. The van der Waals surface area contributed by atoms with E-state index < -0.39 is 0 Å². The normalized spacial score (nSPS) is 14.7. The number of hydrogen-bond acceptors (Lipinski definition) is 3. The van der Waals surface area contributed by atoms with Gasteiger partial charge in [0.15, 0.2) is 5.82 Å². The van der Waals surface area contributed by atoms with E-state index in [1.54, 1.807) is 0 Å². The number of hydrogen-bond donors (Lipinski definition) is 1. The number of aryl methyl sites for hydroxylation is 2. The summed E-state index contributed by atoms with van der Waals surface area (Å²) in [5.74, 6) is 0.969. The van der Waals surface area contributed by atoms with Crippen molar-refractivity contribution in [2.45, 2.75) is 20.3 Å². The fourth-order valence-electron chi connectivity index (χ4n) is 4.32. The summed E-state index contributed by atoms with van der Waals surface area (Å²) < 4.78 is 3.21. The van der Waals surface area contributed by atoms with Crippen molar-refractivity contribution in [3.05, 3.63) is 70.3 Å². The van der Waals surface area contributed by atoms with Crippen molar-refractivity contribution in [3.63, 3.8) is 0 Å². The van der Waals surface area contributed by atoms with Gasteiger partial charge in [0.25, 0.3) is 0 Å². The first kappa shape index (κ1) is 20.8. The second-order valence-electron chi connectivity index (χ2n) is 8.39. The van der Waals surface area contributed by atoms with E-state index in [4.69, 9.17) is 4.98 Å². The molecule has 32 heavy (non-hydrogen) atoms. The van der Waals surface area contributed by atoms with E-state index in [0.717, 1.165) is 58.6 Å². The van der Waals surface area contributed by atoms with Gasteiger partial charge in [0.2, 0.25) is 0 Å². The maximum Gasteiger partial charge on any atom is 0.321 e. The third-order valence-corrected chi connectivity index (χ3v) is 6.74. The van der Waals surface area contributed by atoms with Crippen LogP contribution in [0.4, 0.5) is 16.3 Å². The summed E-state index contributed by atoms with van der Waals surface area (Å²) in [4.78, 5) is 22.1. The fourth-order valence-corrected chi connectivity index (χ4v) is 4.67. The molecule has 7 heteroatoms. The third kappa shape index (κ3) is 3.93. The van der Waals surface area contributed by atoms with Crippen LogP contribution in [-0.4, -0.2) is 46.5 Å². The van der Waals surface area contributed by atoms with Gasteiger partial charge in [0.1, 0.15) is 0 Å². The average molecular weight is 492 g/mol. The Bertz CT molecular complexity index is 1310. The van der Waals surface area contributed by atoms with E-state index in [1.165, 1.54) is 11.1 Å². The molecule has 5 rings (SSSR count). The molecule has 2 aromatic carbocycles. The van der Waals surface area contributed by atoms with Crippen LogP contribution in [0.2, 0.25) is 0 Å². The molecule has 0 atom stereocenters. The van der Waals surface area contributed by atoms with Crippen molar-refractivity contribution in [1.82, 2.24) is 14.3 Å². The van der Waals surface area contributed by atoms with E-state index in [1.807, 2.05) is 29.2 Å². The van der Waals surface area contributed by atoms with Gasteiger partial charge >= 0.3 is 6.03 Å². The van der Waals surface area contributed by atoms with Crippen LogP contribution < -0.4 is 10.2 Å². The van der Waals surface area contributed by atoms with Gasteiger partial charge in [-0.05, 0) is 73.9 Å². The Kier molecular flexibility index (Phi) is 5.51. The minimum atomic E-state index is -0.0432. The van der Waals surface area contributed by atoms with Crippen LogP contribution in [-0.2, 0) is 0 Å². The number of anilines is 2. The van der Waals surface area contributed by atoms with Crippen LogP contribution in [0, 0.1) is 13.8 Å². The van der Waals surface area contributed by atoms with Gasteiger partial charge in [0.05, 0.1) is 16.6 Å². The molecule has 2 aromatic heterocycles. The number of urea groups is 1. The van der Waals surface area contributed by atoms with Crippen molar-refractivity contribution < 1.29 is 4.79 Å². The molecule has 0 radical (unpaired) electrons. The van der Waals surface area contributed by atoms with E-state index in [9.17, 15) is 4.79 Å². The first-order chi connectivity index (χ1) is 15.5. The SMILES string of the molecule is Cc1ccc(NC(=O)N2CCCN(c3nc4cc(Br)ccc4n4cccc34)CC2)cc1C. The predicted octanol–water partition coefficient (Wildman–Crippen LogP) is 5.61. The van der Waals surface area contributed by atoms with Crippen LogP contribution in [0.25, 0.3) is 16.6 Å². The number of aromatic nitrogens is 2. The number of fused-ring (bicyclic) bond motifs is 3. The lowest BCUT2D eigenvalue weighted by Crippen LogP contribution is -2.38. The number of benzene rings is 2. The molecule has 1 aliphatic rings. The minimum absolute atomic E-state index is 0.0432. The summed E-state index contributed by atoms with van der Waals surface area (Å²) in [5.41, 5.74) is 6.37. The zero-order chi connectivity index (χ0) is 22.2. The van der Waals surface area contributed by atoms with Gasteiger partial charge in [-0.15, -0.1) is 0 Å². The first-order valence-corrected chi connectivity index (χ1v) is 11.7. The number of carbonyl (C=O) groups is 1. The maximum atomic E-state index is 12.9. The molecule has 6 nitrogen and oxygen atoms in total. The lowest BCUT2D eigenvalue weighted by atomic mass is 10.1. The molecule has 164 valence electrons. The van der Waals surface area contributed by atoms with Crippen molar-refractivity contribution in [2.24, 2.45) is 0 Å². The minimum Gasteiger partial charge on any atom is -0.353 e. The summed E-state index contributed by atoms with van der Waals surface area (Å²) >= 11 is 3.57. The molecule has 0 spiro atoms. The summed E-state index contributed by atoms with van der Waals surface area (Å²) in [6, 6.07) is 16.3. The molecule has 1 aliphatic heterocycles. The highest BCUT2D eigenvalue weighted by Crippen LogP contribution is 2.28. The molecular formula is C25H26BrN5O. The highest BCUT2D eigenvalue weighted by molar-refractivity contribution is 9.10. The fraction of sp³-hybridized carbons (Fsp3) is 0.280. The van der Waals surface area contributed by atoms with E-state index in [2.05, 4.69) is 74.9 Å². The van der Waals surface area contributed by atoms with Crippen molar-refractivity contribution >= 4 is 50.0 Å². The van der Waals surface area contributed by atoms with Crippen molar-refractivity contribution in [3.8, 4) is 0 Å². The number of halogens is 1. The molecule has 1 saturated heterocycles. The Labute approximate surface area is 196 Å². The molecule has 0 unspecified atom stereocenters. The van der Waals surface area contributed by atoms with Crippen LogP contribution in [0.1, 0.15) is 17.5 Å². The lowest BCUT2D eigenvalue weighted by molar-refractivity contribution is 0.215. The average Bonchev–Trinajstić information content (AvgIpc) is 3.13. The quantitative estimate of drug-likeness (QED) is 0.396. The van der Waals surface area contributed by atoms with Gasteiger partial charge in [0, 0.05) is 42.5 Å². The number of rotatable bonds is 2. The monoisotopic (exact) mass is 491 g/mol. The maximum absolute atomic E-state index is 12.9. The Hall–Kier alpha value is -3.06. The molecule has 0 saturated carbocycles. The van der Waals surface area contributed by atoms with Crippen LogP contribution >= 0.6 is 15.9 Å². The Morgan fingerprint density at radius 3 is 2.69 bits per heavy atom.